The van der Waals surface area contributed by atoms with E-state index in [1.807, 2.05) is 0 Å². The zero-order valence-corrected chi connectivity index (χ0v) is 10.9. The molecular weight excluding hydrogens is 271 g/mol. The second-order valence-corrected chi connectivity index (χ2v) is 3.88. The van der Waals surface area contributed by atoms with Crippen LogP contribution in [0.1, 0.15) is 29.8 Å². The van der Waals surface area contributed by atoms with Crippen LogP contribution in [0.5, 0.6) is 0 Å². The fourth-order valence-electron chi connectivity index (χ4n) is 1.53. The van der Waals surface area contributed by atoms with E-state index in [0.717, 1.165) is 24.3 Å². The number of carbonyl (C=O) groups is 1. The van der Waals surface area contributed by atoms with Gasteiger partial charge >= 0.3 is 6.18 Å². The van der Waals surface area contributed by atoms with Crippen LogP contribution < -0.4 is 0 Å². The zero-order valence-electron chi connectivity index (χ0n) is 10.9. The van der Waals surface area contributed by atoms with Crippen molar-refractivity contribution < 1.29 is 22.7 Å². The molecular formula is C14H12F3NO2. The molecule has 0 saturated carbocycles. The SMILES string of the molecule is CCOC(C)=C(C#N)C(=O)c1ccc(C(F)(F)F)cc1. The number of ether oxygens (including phenoxy) is 1. The standard InChI is InChI=1S/C14H12F3NO2/c1-3-20-9(2)12(8-18)13(19)10-4-6-11(7-5-10)14(15,16)17/h4-7H,3H2,1-2H3. The smallest absolute Gasteiger partial charge is 0.416 e. The highest BCUT2D eigenvalue weighted by molar-refractivity contribution is 6.11. The molecule has 106 valence electrons. The summed E-state index contributed by atoms with van der Waals surface area (Å²) in [5.41, 5.74) is -1.06. The molecule has 6 heteroatoms. The fraction of sp³-hybridized carbons (Fsp3) is 0.286. The molecule has 0 atom stereocenters. The van der Waals surface area contributed by atoms with Gasteiger partial charge in [-0.05, 0) is 26.0 Å². The maximum Gasteiger partial charge on any atom is 0.416 e. The number of rotatable bonds is 4. The lowest BCUT2D eigenvalue weighted by molar-refractivity contribution is -0.137. The third kappa shape index (κ3) is 3.60. The van der Waals surface area contributed by atoms with E-state index < -0.39 is 17.5 Å². The molecule has 0 aliphatic carbocycles. The number of nitriles is 1. The van der Waals surface area contributed by atoms with Gasteiger partial charge in [-0.25, -0.2) is 0 Å². The molecule has 0 bridgehead atoms. The summed E-state index contributed by atoms with van der Waals surface area (Å²) in [6.45, 7) is 3.45. The number of hydrogen-bond acceptors (Lipinski definition) is 3. The van der Waals surface area contributed by atoms with E-state index in [1.54, 1.807) is 13.0 Å². The highest BCUT2D eigenvalue weighted by Gasteiger charge is 2.30. The van der Waals surface area contributed by atoms with E-state index in [9.17, 15) is 18.0 Å². The molecule has 1 rings (SSSR count). The quantitative estimate of drug-likeness (QED) is 0.366. The van der Waals surface area contributed by atoms with Gasteiger partial charge < -0.3 is 4.74 Å². The topological polar surface area (TPSA) is 50.1 Å². The summed E-state index contributed by atoms with van der Waals surface area (Å²) in [6.07, 6.45) is -4.46. The minimum absolute atomic E-state index is 0.00797. The van der Waals surface area contributed by atoms with Crippen molar-refractivity contribution in [3.63, 3.8) is 0 Å². The van der Waals surface area contributed by atoms with Gasteiger partial charge in [-0.15, -0.1) is 0 Å². The predicted molar refractivity (Wildman–Crippen MR) is 65.7 cm³/mol. The van der Waals surface area contributed by atoms with Crippen LogP contribution in [0.4, 0.5) is 13.2 Å². The van der Waals surface area contributed by atoms with E-state index in [1.165, 1.54) is 6.92 Å². The average molecular weight is 283 g/mol. The van der Waals surface area contributed by atoms with Crippen LogP contribution in [0.2, 0.25) is 0 Å². The minimum Gasteiger partial charge on any atom is -0.497 e. The van der Waals surface area contributed by atoms with E-state index in [2.05, 4.69) is 0 Å². The fourth-order valence-corrected chi connectivity index (χ4v) is 1.53. The van der Waals surface area contributed by atoms with Crippen molar-refractivity contribution in [3.8, 4) is 6.07 Å². The summed E-state index contributed by atoms with van der Waals surface area (Å²) in [5, 5.41) is 8.95. The third-order valence-electron chi connectivity index (χ3n) is 2.53. The number of allylic oxidation sites excluding steroid dienone is 2. The maximum atomic E-state index is 12.4. The summed E-state index contributed by atoms with van der Waals surface area (Å²) in [4.78, 5) is 12.0. The first-order valence-corrected chi connectivity index (χ1v) is 5.77. The Kier molecular flexibility index (Phi) is 4.92. The first-order valence-electron chi connectivity index (χ1n) is 5.77. The number of alkyl halides is 3. The Balaban J connectivity index is 3.10. The van der Waals surface area contributed by atoms with Crippen molar-refractivity contribution in [2.45, 2.75) is 20.0 Å². The number of hydrogen-bond donors (Lipinski definition) is 0. The Bertz CT molecular complexity index is 566. The van der Waals surface area contributed by atoms with Gasteiger partial charge in [0.25, 0.3) is 0 Å². The molecule has 0 aliphatic rings. The van der Waals surface area contributed by atoms with Gasteiger partial charge in [-0.2, -0.15) is 18.4 Å². The molecule has 0 unspecified atom stereocenters. The van der Waals surface area contributed by atoms with Gasteiger partial charge in [0, 0.05) is 5.56 Å². The monoisotopic (exact) mass is 283 g/mol. The minimum atomic E-state index is -4.46. The van der Waals surface area contributed by atoms with Crippen LogP contribution in [0, 0.1) is 11.3 Å². The molecule has 0 N–H and O–H groups in total. The molecule has 0 fully saturated rings. The normalized spacial score (nSPS) is 12.4. The Morgan fingerprint density at radius 2 is 1.85 bits per heavy atom. The van der Waals surface area contributed by atoms with Gasteiger partial charge in [-0.3, -0.25) is 4.79 Å². The van der Waals surface area contributed by atoms with Crippen molar-refractivity contribution in [1.82, 2.24) is 0 Å². The molecule has 0 amide bonds. The van der Waals surface area contributed by atoms with Crippen LogP contribution in [0.25, 0.3) is 0 Å². The number of nitrogens with zero attached hydrogens (tertiary/aromatic N) is 1. The molecule has 20 heavy (non-hydrogen) atoms. The lowest BCUT2D eigenvalue weighted by atomic mass is 10.0. The van der Waals surface area contributed by atoms with Gasteiger partial charge in [-0.1, -0.05) is 12.1 Å². The number of halogens is 3. The van der Waals surface area contributed by atoms with Gasteiger partial charge in [0.1, 0.15) is 17.4 Å². The Labute approximate surface area is 114 Å². The largest absolute Gasteiger partial charge is 0.497 e. The van der Waals surface area contributed by atoms with Crippen molar-refractivity contribution in [1.29, 1.82) is 5.26 Å². The molecule has 0 saturated heterocycles. The first kappa shape index (κ1) is 15.8. The maximum absolute atomic E-state index is 12.4. The molecule has 0 spiro atoms. The van der Waals surface area contributed by atoms with E-state index >= 15 is 0 Å². The van der Waals surface area contributed by atoms with Gasteiger partial charge in [0.2, 0.25) is 5.78 Å². The summed E-state index contributed by atoms with van der Waals surface area (Å²) in [6, 6.07) is 5.41. The summed E-state index contributed by atoms with van der Waals surface area (Å²) >= 11 is 0. The van der Waals surface area contributed by atoms with Crippen LogP contribution in [-0.4, -0.2) is 12.4 Å². The van der Waals surface area contributed by atoms with Gasteiger partial charge in [0.15, 0.2) is 0 Å². The summed E-state index contributed by atoms with van der Waals surface area (Å²) in [7, 11) is 0. The van der Waals surface area contributed by atoms with E-state index in [-0.39, 0.29) is 23.5 Å². The molecule has 0 radical (unpaired) electrons. The third-order valence-corrected chi connectivity index (χ3v) is 2.53. The van der Waals surface area contributed by atoms with Crippen LogP contribution >= 0.6 is 0 Å². The molecule has 0 aliphatic heterocycles. The number of carbonyl (C=O) groups excluding carboxylic acids is 1. The highest BCUT2D eigenvalue weighted by Crippen LogP contribution is 2.29. The van der Waals surface area contributed by atoms with E-state index in [4.69, 9.17) is 10.00 Å². The summed E-state index contributed by atoms with van der Waals surface area (Å²) in [5.74, 6) is -0.507. The Morgan fingerprint density at radius 3 is 2.25 bits per heavy atom. The number of Topliss-reactive ketones (excluding diaryl/α,β-unsaturated/α-hetero) is 1. The summed E-state index contributed by atoms with van der Waals surface area (Å²) < 4.78 is 42.3. The second kappa shape index (κ2) is 6.24. The number of ketones is 1. The lowest BCUT2D eigenvalue weighted by Crippen LogP contribution is -2.08. The van der Waals surface area contributed by atoms with Crippen molar-refractivity contribution in [2.75, 3.05) is 6.61 Å². The second-order valence-electron chi connectivity index (χ2n) is 3.88. The highest BCUT2D eigenvalue weighted by atomic mass is 19.4. The van der Waals surface area contributed by atoms with Gasteiger partial charge in [0.05, 0.1) is 12.2 Å². The molecule has 3 nitrogen and oxygen atoms in total. The Morgan fingerprint density at radius 1 is 1.30 bits per heavy atom. The predicted octanol–water partition coefficient (Wildman–Crippen LogP) is 3.72. The van der Waals surface area contributed by atoms with Crippen LogP contribution in [0.15, 0.2) is 35.6 Å². The van der Waals surface area contributed by atoms with Crippen LogP contribution in [-0.2, 0) is 10.9 Å². The first-order chi connectivity index (χ1) is 9.31. The van der Waals surface area contributed by atoms with Crippen molar-refractivity contribution in [2.24, 2.45) is 0 Å². The molecule has 0 heterocycles. The van der Waals surface area contributed by atoms with Crippen molar-refractivity contribution in [3.05, 3.63) is 46.7 Å². The lowest BCUT2D eigenvalue weighted by Gasteiger charge is -2.08. The van der Waals surface area contributed by atoms with Crippen LogP contribution in [0.3, 0.4) is 0 Å². The zero-order chi connectivity index (χ0) is 15.3. The van der Waals surface area contributed by atoms with Crippen molar-refractivity contribution >= 4 is 5.78 Å². The average Bonchev–Trinajstić information content (AvgIpc) is 2.39. The molecule has 0 aromatic heterocycles. The Hall–Kier alpha value is -2.29. The molecule has 1 aromatic carbocycles. The van der Waals surface area contributed by atoms with E-state index in [0.29, 0.717) is 0 Å². The molecule has 1 aromatic rings. The number of benzene rings is 1.